The monoisotopic (exact) mass is 313 g/mol. The van der Waals surface area contributed by atoms with Crippen LogP contribution in [0.25, 0.3) is 0 Å². The van der Waals surface area contributed by atoms with Crippen LogP contribution in [0.3, 0.4) is 0 Å². The molecule has 0 spiro atoms. The van der Waals surface area contributed by atoms with Crippen LogP contribution in [0.4, 0.5) is 18.9 Å². The van der Waals surface area contributed by atoms with E-state index < -0.39 is 17.7 Å². The van der Waals surface area contributed by atoms with Crippen LogP contribution in [0.15, 0.2) is 34.9 Å². The van der Waals surface area contributed by atoms with Gasteiger partial charge in [-0.1, -0.05) is 12.1 Å². The third-order valence-electron chi connectivity index (χ3n) is 3.16. The standard InChI is InChI=1S/C15H14F3NO3/c1-9-12(13(8-22-9)15(16,17)18)7-19-11-4-2-3-10(5-11)6-14(20)21/h2-5,8,19H,6-7H2,1H3,(H,20,21). The van der Waals surface area contributed by atoms with E-state index in [9.17, 15) is 18.0 Å². The van der Waals surface area contributed by atoms with Crippen molar-refractivity contribution in [2.75, 3.05) is 5.32 Å². The smallest absolute Gasteiger partial charge is 0.419 e. The third kappa shape index (κ3) is 3.81. The number of carbonyl (C=O) groups is 1. The van der Waals surface area contributed by atoms with Gasteiger partial charge < -0.3 is 14.8 Å². The maximum absolute atomic E-state index is 12.8. The lowest BCUT2D eigenvalue weighted by molar-refractivity contribution is -0.138. The summed E-state index contributed by atoms with van der Waals surface area (Å²) in [7, 11) is 0. The van der Waals surface area contributed by atoms with Gasteiger partial charge in [-0.3, -0.25) is 4.79 Å². The number of carboxylic acid groups (broad SMARTS) is 1. The van der Waals surface area contributed by atoms with Crippen molar-refractivity contribution in [2.24, 2.45) is 0 Å². The van der Waals surface area contributed by atoms with Gasteiger partial charge in [0.15, 0.2) is 0 Å². The molecular weight excluding hydrogens is 299 g/mol. The number of aliphatic carboxylic acids is 1. The molecular formula is C15H14F3NO3. The number of anilines is 1. The Morgan fingerprint density at radius 3 is 2.73 bits per heavy atom. The summed E-state index contributed by atoms with van der Waals surface area (Å²) in [6.07, 6.45) is -3.92. The van der Waals surface area contributed by atoms with Gasteiger partial charge in [-0.2, -0.15) is 13.2 Å². The molecule has 22 heavy (non-hydrogen) atoms. The van der Waals surface area contributed by atoms with Crippen molar-refractivity contribution in [3.8, 4) is 0 Å². The summed E-state index contributed by atoms with van der Waals surface area (Å²) in [5, 5.41) is 11.6. The van der Waals surface area contributed by atoms with Crippen molar-refractivity contribution < 1.29 is 27.5 Å². The number of hydrogen-bond acceptors (Lipinski definition) is 3. The average Bonchev–Trinajstić information content (AvgIpc) is 2.77. The molecule has 4 nitrogen and oxygen atoms in total. The molecule has 0 amide bonds. The fourth-order valence-corrected chi connectivity index (χ4v) is 2.09. The first-order valence-electron chi connectivity index (χ1n) is 6.46. The Bertz CT molecular complexity index is 677. The van der Waals surface area contributed by atoms with Crippen molar-refractivity contribution >= 4 is 11.7 Å². The van der Waals surface area contributed by atoms with Gasteiger partial charge in [-0.05, 0) is 24.6 Å². The van der Waals surface area contributed by atoms with Crippen LogP contribution >= 0.6 is 0 Å². The summed E-state index contributed by atoms with van der Waals surface area (Å²) in [4.78, 5) is 10.7. The van der Waals surface area contributed by atoms with Crippen LogP contribution in [0.2, 0.25) is 0 Å². The van der Waals surface area contributed by atoms with E-state index in [1.807, 2.05) is 0 Å². The molecule has 1 heterocycles. The molecule has 0 unspecified atom stereocenters. The van der Waals surface area contributed by atoms with Gasteiger partial charge in [0.2, 0.25) is 0 Å². The molecule has 2 rings (SSSR count). The van der Waals surface area contributed by atoms with E-state index in [0.29, 0.717) is 17.5 Å². The molecule has 0 aliphatic carbocycles. The fraction of sp³-hybridized carbons (Fsp3) is 0.267. The highest BCUT2D eigenvalue weighted by atomic mass is 19.4. The van der Waals surface area contributed by atoms with Crippen LogP contribution in [-0.4, -0.2) is 11.1 Å². The number of furan rings is 1. The minimum Gasteiger partial charge on any atom is -0.481 e. The fourth-order valence-electron chi connectivity index (χ4n) is 2.09. The van der Waals surface area contributed by atoms with Crippen LogP contribution in [-0.2, 0) is 23.9 Å². The summed E-state index contributed by atoms with van der Waals surface area (Å²) >= 11 is 0. The Morgan fingerprint density at radius 1 is 1.36 bits per heavy atom. The summed E-state index contributed by atoms with van der Waals surface area (Å²) < 4.78 is 43.4. The van der Waals surface area contributed by atoms with E-state index in [4.69, 9.17) is 9.52 Å². The van der Waals surface area contributed by atoms with Gasteiger partial charge in [0.05, 0.1) is 12.0 Å². The zero-order valence-electron chi connectivity index (χ0n) is 11.7. The number of rotatable bonds is 5. The number of carboxylic acids is 1. The third-order valence-corrected chi connectivity index (χ3v) is 3.16. The number of benzene rings is 1. The van der Waals surface area contributed by atoms with Crippen molar-refractivity contribution in [3.05, 3.63) is 53.0 Å². The average molecular weight is 313 g/mol. The zero-order valence-corrected chi connectivity index (χ0v) is 11.7. The summed E-state index contributed by atoms with van der Waals surface area (Å²) in [6.45, 7) is 1.40. The second-order valence-corrected chi connectivity index (χ2v) is 4.81. The minimum absolute atomic E-state index is 0.0381. The van der Waals surface area contributed by atoms with E-state index in [0.717, 1.165) is 0 Å². The number of nitrogens with one attached hydrogen (secondary N) is 1. The molecule has 1 aromatic heterocycles. The minimum atomic E-state index is -4.47. The molecule has 0 saturated carbocycles. The molecule has 0 bridgehead atoms. The topological polar surface area (TPSA) is 62.5 Å². The van der Waals surface area contributed by atoms with Crippen molar-refractivity contribution in [2.45, 2.75) is 26.1 Å². The second kappa shape index (κ2) is 6.13. The predicted octanol–water partition coefficient (Wildman–Crippen LogP) is 3.85. The first-order valence-corrected chi connectivity index (χ1v) is 6.46. The Hall–Kier alpha value is -2.44. The maximum atomic E-state index is 12.8. The molecule has 0 radical (unpaired) electrons. The van der Waals surface area contributed by atoms with E-state index >= 15 is 0 Å². The molecule has 2 aromatic rings. The number of halogens is 3. The van der Waals surface area contributed by atoms with E-state index in [2.05, 4.69) is 5.32 Å². The molecule has 0 atom stereocenters. The predicted molar refractivity (Wildman–Crippen MR) is 73.6 cm³/mol. The van der Waals surface area contributed by atoms with Gasteiger partial charge in [0, 0.05) is 17.8 Å². The van der Waals surface area contributed by atoms with Crippen molar-refractivity contribution in [1.29, 1.82) is 0 Å². The largest absolute Gasteiger partial charge is 0.481 e. The van der Waals surface area contributed by atoms with Gasteiger partial charge in [0.1, 0.15) is 12.0 Å². The molecule has 2 N–H and O–H groups in total. The molecule has 118 valence electrons. The Morgan fingerprint density at radius 2 is 2.09 bits per heavy atom. The molecule has 1 aromatic carbocycles. The van der Waals surface area contributed by atoms with Gasteiger partial charge in [0.25, 0.3) is 0 Å². The highest BCUT2D eigenvalue weighted by Crippen LogP contribution is 2.34. The Balaban J connectivity index is 2.14. The van der Waals surface area contributed by atoms with Crippen molar-refractivity contribution in [1.82, 2.24) is 0 Å². The van der Waals surface area contributed by atoms with Crippen molar-refractivity contribution in [3.63, 3.8) is 0 Å². The summed E-state index contributed by atoms with van der Waals surface area (Å²) in [6, 6.07) is 6.54. The summed E-state index contributed by atoms with van der Waals surface area (Å²) in [5.74, 6) is -0.774. The SMILES string of the molecule is Cc1occ(C(F)(F)F)c1CNc1cccc(CC(=O)O)c1. The molecule has 0 aliphatic heterocycles. The van der Waals surface area contributed by atoms with E-state index in [1.54, 1.807) is 24.3 Å². The first-order chi connectivity index (χ1) is 10.3. The zero-order chi connectivity index (χ0) is 16.3. The van der Waals surface area contributed by atoms with E-state index in [1.165, 1.54) is 6.92 Å². The molecule has 0 aliphatic rings. The highest BCUT2D eigenvalue weighted by Gasteiger charge is 2.36. The molecule has 7 heteroatoms. The Labute approximate surface area is 124 Å². The molecule has 0 saturated heterocycles. The van der Waals surface area contributed by atoms with Gasteiger partial charge in [-0.25, -0.2) is 0 Å². The number of aryl methyl sites for hydroxylation is 1. The highest BCUT2D eigenvalue weighted by molar-refractivity contribution is 5.70. The lowest BCUT2D eigenvalue weighted by atomic mass is 10.1. The lowest BCUT2D eigenvalue weighted by Crippen LogP contribution is -2.10. The normalized spacial score (nSPS) is 11.5. The quantitative estimate of drug-likeness (QED) is 0.880. The Kier molecular flexibility index (Phi) is 4.44. The second-order valence-electron chi connectivity index (χ2n) is 4.81. The van der Waals surface area contributed by atoms with Crippen LogP contribution < -0.4 is 5.32 Å². The lowest BCUT2D eigenvalue weighted by Gasteiger charge is -2.10. The molecule has 0 fully saturated rings. The number of alkyl halides is 3. The van der Waals surface area contributed by atoms with Crippen LogP contribution in [0.5, 0.6) is 0 Å². The van der Waals surface area contributed by atoms with Crippen LogP contribution in [0, 0.1) is 6.92 Å². The first kappa shape index (κ1) is 15.9. The van der Waals surface area contributed by atoms with Gasteiger partial charge in [-0.15, -0.1) is 0 Å². The summed E-state index contributed by atoms with van der Waals surface area (Å²) in [5.41, 5.74) is 0.347. The number of hydrogen-bond donors (Lipinski definition) is 2. The van der Waals surface area contributed by atoms with Crippen LogP contribution in [0.1, 0.15) is 22.5 Å². The maximum Gasteiger partial charge on any atom is 0.419 e. The van der Waals surface area contributed by atoms with E-state index in [-0.39, 0.29) is 24.3 Å². The van der Waals surface area contributed by atoms with Gasteiger partial charge >= 0.3 is 12.1 Å².